The van der Waals surface area contributed by atoms with E-state index in [-0.39, 0.29) is 17.6 Å². The molecule has 0 bridgehead atoms. The number of aromatic nitrogens is 3. The summed E-state index contributed by atoms with van der Waals surface area (Å²) in [5.74, 6) is -0.465. The molecule has 9 nitrogen and oxygen atoms in total. The molecule has 4 aromatic rings. The summed E-state index contributed by atoms with van der Waals surface area (Å²) < 4.78 is 43.3. The van der Waals surface area contributed by atoms with Gasteiger partial charge >= 0.3 is 6.36 Å². The van der Waals surface area contributed by atoms with Gasteiger partial charge in [-0.05, 0) is 67.6 Å². The molecule has 1 aromatic heterocycles. The van der Waals surface area contributed by atoms with Gasteiger partial charge in [-0.15, -0.1) is 18.3 Å². The van der Waals surface area contributed by atoms with Crippen LogP contribution >= 0.6 is 0 Å². The molecule has 214 valence electrons. The molecule has 1 aliphatic heterocycles. The summed E-state index contributed by atoms with van der Waals surface area (Å²) in [4.78, 5) is 22.3. The zero-order valence-electron chi connectivity index (χ0n) is 22.7. The van der Waals surface area contributed by atoms with Crippen molar-refractivity contribution in [1.82, 2.24) is 24.6 Å². The van der Waals surface area contributed by atoms with E-state index in [1.807, 2.05) is 37.3 Å². The number of carbonyl (C=O) groups is 1. The van der Waals surface area contributed by atoms with Crippen LogP contribution in [0.2, 0.25) is 0 Å². The van der Waals surface area contributed by atoms with Crippen LogP contribution < -0.4 is 15.4 Å². The number of ether oxygens (including phenoxy) is 1. The second-order valence-corrected chi connectivity index (χ2v) is 9.89. The second-order valence-electron chi connectivity index (χ2n) is 9.89. The Morgan fingerprint density at radius 3 is 2.41 bits per heavy atom. The van der Waals surface area contributed by atoms with E-state index in [0.717, 1.165) is 49.5 Å². The fraction of sp³-hybridized carbons (Fsp3) is 0.276. The molecule has 0 spiro atoms. The third-order valence-electron chi connectivity index (χ3n) is 6.72. The molecule has 0 radical (unpaired) electrons. The number of alkyl halides is 3. The van der Waals surface area contributed by atoms with E-state index < -0.39 is 12.3 Å². The molecule has 12 heteroatoms. The molecule has 0 saturated carbocycles. The summed E-state index contributed by atoms with van der Waals surface area (Å²) >= 11 is 0. The smallest absolute Gasteiger partial charge is 0.406 e. The molecule has 0 aliphatic carbocycles. The van der Waals surface area contributed by atoms with Gasteiger partial charge in [0.1, 0.15) is 5.75 Å². The first-order chi connectivity index (χ1) is 19.6. The first-order valence-corrected chi connectivity index (χ1v) is 13.1. The Kier molecular flexibility index (Phi) is 8.22. The normalized spacial score (nSPS) is 14.6. The Hall–Kier alpha value is -4.42. The van der Waals surface area contributed by atoms with Gasteiger partial charge in [-0.1, -0.05) is 30.3 Å². The SMILES string of the molecule is Cc1ccccc1C(=O)Nc1nc(Nc2cccc(CN3CCN(C)CC3)c2)nn1-c1ccc(OC(F)(F)F)cc1. The van der Waals surface area contributed by atoms with Crippen molar-refractivity contribution in [1.29, 1.82) is 0 Å². The molecule has 3 aromatic carbocycles. The molecule has 1 fully saturated rings. The van der Waals surface area contributed by atoms with E-state index in [4.69, 9.17) is 0 Å². The van der Waals surface area contributed by atoms with Crippen molar-refractivity contribution in [2.45, 2.75) is 19.8 Å². The van der Waals surface area contributed by atoms with Gasteiger partial charge < -0.3 is 15.0 Å². The molecule has 2 N–H and O–H groups in total. The molecule has 0 unspecified atom stereocenters. The van der Waals surface area contributed by atoms with Gasteiger partial charge in [-0.3, -0.25) is 15.0 Å². The summed E-state index contributed by atoms with van der Waals surface area (Å²) in [6.07, 6.45) is -4.81. The van der Waals surface area contributed by atoms with Gasteiger partial charge in [0.2, 0.25) is 11.9 Å². The predicted molar refractivity (Wildman–Crippen MR) is 150 cm³/mol. The second kappa shape index (κ2) is 12.0. The Balaban J connectivity index is 1.39. The average Bonchev–Trinajstić information content (AvgIpc) is 3.31. The molecular weight excluding hydrogens is 535 g/mol. The number of aryl methyl sites for hydroxylation is 1. The van der Waals surface area contributed by atoms with Gasteiger partial charge in [0, 0.05) is 44.0 Å². The van der Waals surface area contributed by atoms with E-state index in [1.54, 1.807) is 12.1 Å². The number of nitrogens with one attached hydrogen (secondary N) is 2. The van der Waals surface area contributed by atoms with Crippen LogP contribution in [-0.2, 0) is 6.54 Å². The average molecular weight is 566 g/mol. The maximum Gasteiger partial charge on any atom is 0.573 e. The van der Waals surface area contributed by atoms with E-state index >= 15 is 0 Å². The molecule has 1 aliphatic rings. The zero-order chi connectivity index (χ0) is 29.0. The van der Waals surface area contributed by atoms with Crippen molar-refractivity contribution in [3.63, 3.8) is 0 Å². The number of hydrogen-bond acceptors (Lipinski definition) is 7. The van der Waals surface area contributed by atoms with E-state index in [0.29, 0.717) is 11.3 Å². The van der Waals surface area contributed by atoms with E-state index in [2.05, 4.69) is 48.4 Å². The third-order valence-corrected chi connectivity index (χ3v) is 6.72. The topological polar surface area (TPSA) is 87.6 Å². The van der Waals surface area contributed by atoms with Gasteiger partial charge in [0.05, 0.1) is 5.69 Å². The number of benzene rings is 3. The van der Waals surface area contributed by atoms with Crippen LogP contribution in [-0.4, -0.2) is 70.1 Å². The molecule has 0 atom stereocenters. The van der Waals surface area contributed by atoms with Crippen LogP contribution in [0.4, 0.5) is 30.8 Å². The highest BCUT2D eigenvalue weighted by Crippen LogP contribution is 2.26. The quantitative estimate of drug-likeness (QED) is 0.303. The van der Waals surface area contributed by atoms with Gasteiger partial charge in [0.15, 0.2) is 0 Å². The lowest BCUT2D eigenvalue weighted by molar-refractivity contribution is -0.274. The highest BCUT2D eigenvalue weighted by atomic mass is 19.4. The minimum atomic E-state index is -4.81. The minimum absolute atomic E-state index is 0.0961. The van der Waals surface area contributed by atoms with E-state index in [9.17, 15) is 18.0 Å². The monoisotopic (exact) mass is 565 g/mol. The first kappa shape index (κ1) is 28.1. The lowest BCUT2D eigenvalue weighted by Gasteiger charge is -2.32. The van der Waals surface area contributed by atoms with Crippen LogP contribution in [0.15, 0.2) is 72.8 Å². The standard InChI is InChI=1S/C29H30F3N7O2/c1-20-6-3-4-9-25(20)26(40)34-28-35-27(36-39(28)23-10-12-24(13-11-23)41-29(30,31)32)33-22-8-5-7-21(18-22)19-38-16-14-37(2)15-17-38/h3-13,18H,14-17,19H2,1-2H3,(H2,33,34,35,36,40). The highest BCUT2D eigenvalue weighted by molar-refractivity contribution is 6.04. The summed E-state index contributed by atoms with van der Waals surface area (Å²) in [5, 5.41) is 10.5. The summed E-state index contributed by atoms with van der Waals surface area (Å²) in [7, 11) is 2.12. The predicted octanol–water partition coefficient (Wildman–Crippen LogP) is 5.22. The Morgan fingerprint density at radius 1 is 0.976 bits per heavy atom. The lowest BCUT2D eigenvalue weighted by Crippen LogP contribution is -2.43. The maximum absolute atomic E-state index is 13.1. The van der Waals surface area contributed by atoms with Gasteiger partial charge in [-0.2, -0.15) is 9.67 Å². The van der Waals surface area contributed by atoms with Crippen LogP contribution in [0, 0.1) is 6.92 Å². The van der Waals surface area contributed by atoms with Crippen molar-refractivity contribution in [3.05, 3.63) is 89.5 Å². The third kappa shape index (κ3) is 7.41. The van der Waals surface area contributed by atoms with Crippen LogP contribution in [0.1, 0.15) is 21.5 Å². The molecular formula is C29H30F3N7O2. The summed E-state index contributed by atoms with van der Waals surface area (Å²) in [6, 6.07) is 20.2. The number of amides is 1. The maximum atomic E-state index is 13.1. The minimum Gasteiger partial charge on any atom is -0.406 e. The first-order valence-electron chi connectivity index (χ1n) is 13.1. The van der Waals surface area contributed by atoms with E-state index in [1.165, 1.54) is 28.9 Å². The van der Waals surface area contributed by atoms with Crippen molar-refractivity contribution >= 4 is 23.5 Å². The summed E-state index contributed by atoms with van der Waals surface area (Å²) in [6.45, 7) is 6.68. The molecule has 1 saturated heterocycles. The number of halogens is 3. The zero-order valence-corrected chi connectivity index (χ0v) is 22.7. The highest BCUT2D eigenvalue weighted by Gasteiger charge is 2.31. The fourth-order valence-corrected chi connectivity index (χ4v) is 4.55. The van der Waals surface area contributed by atoms with Crippen molar-refractivity contribution in [3.8, 4) is 11.4 Å². The van der Waals surface area contributed by atoms with Crippen molar-refractivity contribution in [2.24, 2.45) is 0 Å². The number of piperazine rings is 1. The number of carbonyl (C=O) groups excluding carboxylic acids is 1. The number of rotatable bonds is 8. The number of likely N-dealkylation sites (N-methyl/N-ethyl adjacent to an activating group) is 1. The molecule has 1 amide bonds. The van der Waals surface area contributed by atoms with Gasteiger partial charge in [0.25, 0.3) is 5.91 Å². The Bertz CT molecular complexity index is 1500. The van der Waals surface area contributed by atoms with Crippen LogP contribution in [0.5, 0.6) is 5.75 Å². The van der Waals surface area contributed by atoms with Crippen LogP contribution in [0.3, 0.4) is 0 Å². The largest absolute Gasteiger partial charge is 0.573 e. The molecule has 5 rings (SSSR count). The molecule has 2 heterocycles. The molecule has 41 heavy (non-hydrogen) atoms. The number of nitrogens with zero attached hydrogens (tertiary/aromatic N) is 5. The number of hydrogen-bond donors (Lipinski definition) is 2. The Labute approximate surface area is 235 Å². The lowest BCUT2D eigenvalue weighted by atomic mass is 10.1. The summed E-state index contributed by atoms with van der Waals surface area (Å²) in [5.41, 5.74) is 3.51. The van der Waals surface area contributed by atoms with Crippen molar-refractivity contribution < 1.29 is 22.7 Å². The van der Waals surface area contributed by atoms with Gasteiger partial charge in [-0.25, -0.2) is 0 Å². The Morgan fingerprint density at radius 2 is 1.71 bits per heavy atom. The number of anilines is 3. The van der Waals surface area contributed by atoms with Crippen LogP contribution in [0.25, 0.3) is 5.69 Å². The van der Waals surface area contributed by atoms with Crippen molar-refractivity contribution in [2.75, 3.05) is 43.9 Å². The fourth-order valence-electron chi connectivity index (χ4n) is 4.55.